The molecule has 7 rings (SSSR count). The number of benzene rings is 3. The van der Waals surface area contributed by atoms with E-state index in [1.54, 1.807) is 35.2 Å². The molecule has 4 atom stereocenters. The molecule has 2 amide bonds. The highest BCUT2D eigenvalue weighted by molar-refractivity contribution is 6.31. The second-order valence-corrected chi connectivity index (χ2v) is 12.3. The van der Waals surface area contributed by atoms with Crippen LogP contribution in [0.4, 0.5) is 11.4 Å². The van der Waals surface area contributed by atoms with Gasteiger partial charge < -0.3 is 15.0 Å². The van der Waals surface area contributed by atoms with E-state index in [1.165, 1.54) is 7.11 Å². The SMILES string of the molecule is COC(=O)c1ccc(N2CC[C@H]3[C@@H](C2=O)[C@H](c2cccc(Cl)c2)[C@]2(C(=O)Nc4cc(Cl)ccc42)N3CC2CC2)cc1. The van der Waals surface area contributed by atoms with Gasteiger partial charge in [-0.3, -0.25) is 14.5 Å². The van der Waals surface area contributed by atoms with Gasteiger partial charge in [0.1, 0.15) is 5.54 Å². The Morgan fingerprint density at radius 3 is 2.46 bits per heavy atom. The fourth-order valence-corrected chi connectivity index (χ4v) is 7.73. The van der Waals surface area contributed by atoms with Crippen LogP contribution in [0, 0.1) is 11.8 Å². The number of anilines is 2. The zero-order valence-electron chi connectivity index (χ0n) is 22.5. The summed E-state index contributed by atoms with van der Waals surface area (Å²) in [6.45, 7) is 1.25. The number of hydrogen-bond donors (Lipinski definition) is 1. The van der Waals surface area contributed by atoms with Gasteiger partial charge in [-0.05, 0) is 79.3 Å². The number of amides is 2. The van der Waals surface area contributed by atoms with E-state index in [4.69, 9.17) is 27.9 Å². The van der Waals surface area contributed by atoms with Crippen molar-refractivity contribution in [2.75, 3.05) is 30.4 Å². The molecule has 1 aliphatic carbocycles. The topological polar surface area (TPSA) is 78.9 Å². The molecule has 7 nitrogen and oxygen atoms in total. The molecule has 3 aromatic carbocycles. The van der Waals surface area contributed by atoms with Crippen LogP contribution in [0.3, 0.4) is 0 Å². The van der Waals surface area contributed by atoms with Crippen LogP contribution in [0.5, 0.6) is 0 Å². The van der Waals surface area contributed by atoms with Gasteiger partial charge in [0, 0.05) is 52.0 Å². The Morgan fingerprint density at radius 1 is 1.00 bits per heavy atom. The van der Waals surface area contributed by atoms with Crippen molar-refractivity contribution >= 4 is 52.4 Å². The first-order valence-electron chi connectivity index (χ1n) is 14.0. The first-order valence-corrected chi connectivity index (χ1v) is 14.7. The van der Waals surface area contributed by atoms with Gasteiger partial charge in [-0.25, -0.2) is 4.79 Å². The van der Waals surface area contributed by atoms with Crippen LogP contribution in [0.1, 0.15) is 46.7 Å². The summed E-state index contributed by atoms with van der Waals surface area (Å²) >= 11 is 12.9. The molecule has 3 aromatic rings. The first kappa shape index (κ1) is 26.5. The van der Waals surface area contributed by atoms with Crippen LogP contribution in [-0.2, 0) is 19.9 Å². The van der Waals surface area contributed by atoms with Crippen LogP contribution >= 0.6 is 23.2 Å². The number of rotatable bonds is 5. The fourth-order valence-electron chi connectivity index (χ4n) is 7.35. The lowest BCUT2D eigenvalue weighted by molar-refractivity contribution is -0.128. The van der Waals surface area contributed by atoms with Gasteiger partial charge in [0.05, 0.1) is 18.6 Å². The predicted molar refractivity (Wildman–Crippen MR) is 157 cm³/mol. The van der Waals surface area contributed by atoms with Crippen LogP contribution in [0.15, 0.2) is 66.7 Å². The van der Waals surface area contributed by atoms with Gasteiger partial charge in [0.15, 0.2) is 0 Å². The molecule has 4 aliphatic rings. The minimum absolute atomic E-state index is 0.0371. The Kier molecular flexibility index (Phi) is 6.38. The van der Waals surface area contributed by atoms with E-state index >= 15 is 0 Å². The Labute approximate surface area is 248 Å². The number of halogens is 2. The number of likely N-dealkylation sites (tertiary alicyclic amines) is 1. The molecule has 1 spiro atoms. The van der Waals surface area contributed by atoms with Crippen molar-refractivity contribution in [3.63, 3.8) is 0 Å². The summed E-state index contributed by atoms with van der Waals surface area (Å²) < 4.78 is 4.84. The van der Waals surface area contributed by atoms with Gasteiger partial charge in [0.2, 0.25) is 11.8 Å². The van der Waals surface area contributed by atoms with Crippen molar-refractivity contribution in [2.24, 2.45) is 11.8 Å². The lowest BCUT2D eigenvalue weighted by Crippen LogP contribution is -2.54. The van der Waals surface area contributed by atoms with Gasteiger partial charge in [-0.1, -0.05) is 41.4 Å². The fraction of sp³-hybridized carbons (Fsp3) is 0.344. The average Bonchev–Trinajstić information content (AvgIpc) is 3.68. The molecular weight excluding hydrogens is 561 g/mol. The molecular formula is C32H29Cl2N3O4. The third-order valence-electron chi connectivity index (χ3n) is 9.22. The molecule has 0 unspecified atom stereocenters. The zero-order chi connectivity index (χ0) is 28.5. The predicted octanol–water partition coefficient (Wildman–Crippen LogP) is 5.86. The second-order valence-electron chi connectivity index (χ2n) is 11.4. The monoisotopic (exact) mass is 589 g/mol. The summed E-state index contributed by atoms with van der Waals surface area (Å²) in [5.41, 5.74) is 2.46. The van der Waals surface area contributed by atoms with E-state index in [-0.39, 0.29) is 17.9 Å². The van der Waals surface area contributed by atoms with Gasteiger partial charge in [-0.2, -0.15) is 0 Å². The van der Waals surface area contributed by atoms with Gasteiger partial charge in [0.25, 0.3) is 0 Å². The highest BCUT2D eigenvalue weighted by Gasteiger charge is 2.69. The molecule has 41 heavy (non-hydrogen) atoms. The lowest BCUT2D eigenvalue weighted by atomic mass is 9.70. The standard InChI is InChI=1S/C32H29Cl2N3O4/c1-41-30(39)19-7-10-23(11-8-19)36-14-13-26-27(29(36)38)28(20-3-2-4-21(33)15-20)32(37(26)17-18-5-6-18)24-12-9-22(34)16-25(24)35-31(32)40/h2-4,7-12,15-16,18,26-28H,5-6,13-14,17H2,1H3,(H,35,40)/t26-,27+,28-,32+/m0/s1. The number of nitrogens with one attached hydrogen (secondary N) is 1. The molecule has 3 fully saturated rings. The van der Waals surface area contributed by atoms with Crippen molar-refractivity contribution in [2.45, 2.75) is 36.8 Å². The Morgan fingerprint density at radius 2 is 1.76 bits per heavy atom. The zero-order valence-corrected chi connectivity index (χ0v) is 24.0. The maximum Gasteiger partial charge on any atom is 0.337 e. The summed E-state index contributed by atoms with van der Waals surface area (Å²) in [5, 5.41) is 4.23. The molecule has 9 heteroatoms. The van der Waals surface area contributed by atoms with E-state index in [0.29, 0.717) is 45.9 Å². The minimum atomic E-state index is -1.08. The van der Waals surface area contributed by atoms with E-state index in [9.17, 15) is 14.4 Å². The number of carbonyl (C=O) groups excluding carboxylic acids is 3. The Bertz CT molecular complexity index is 1570. The largest absolute Gasteiger partial charge is 0.465 e. The number of esters is 1. The number of ether oxygens (including phenoxy) is 1. The molecule has 3 heterocycles. The Balaban J connectivity index is 1.39. The van der Waals surface area contributed by atoms with Crippen LogP contribution < -0.4 is 10.2 Å². The molecule has 2 saturated heterocycles. The normalized spacial score (nSPS) is 27.1. The smallest absolute Gasteiger partial charge is 0.337 e. The molecule has 1 N–H and O–H groups in total. The minimum Gasteiger partial charge on any atom is -0.465 e. The number of hydrogen-bond acceptors (Lipinski definition) is 5. The first-order chi connectivity index (χ1) is 19.8. The summed E-state index contributed by atoms with van der Waals surface area (Å²) in [6.07, 6.45) is 2.94. The van der Waals surface area contributed by atoms with Crippen molar-refractivity contribution in [3.05, 3.63) is 93.5 Å². The van der Waals surface area contributed by atoms with E-state index < -0.39 is 23.3 Å². The highest BCUT2D eigenvalue weighted by atomic mass is 35.5. The Hall–Kier alpha value is -3.39. The molecule has 0 radical (unpaired) electrons. The quantitative estimate of drug-likeness (QED) is 0.377. The van der Waals surface area contributed by atoms with Crippen LogP contribution in [0.2, 0.25) is 10.0 Å². The maximum absolute atomic E-state index is 14.6. The third-order valence-corrected chi connectivity index (χ3v) is 9.69. The summed E-state index contributed by atoms with van der Waals surface area (Å²) in [6, 6.07) is 19.9. The molecule has 0 aromatic heterocycles. The average molecular weight is 591 g/mol. The van der Waals surface area contributed by atoms with Crippen LogP contribution in [0.25, 0.3) is 0 Å². The summed E-state index contributed by atoms with van der Waals surface area (Å²) in [7, 11) is 1.34. The van der Waals surface area contributed by atoms with E-state index in [1.807, 2.05) is 36.4 Å². The molecule has 3 aliphatic heterocycles. The molecule has 210 valence electrons. The number of fused-ring (bicyclic) bond motifs is 3. The van der Waals surface area contributed by atoms with Crippen LogP contribution in [-0.4, -0.2) is 48.9 Å². The third kappa shape index (κ3) is 4.09. The molecule has 1 saturated carbocycles. The van der Waals surface area contributed by atoms with E-state index in [2.05, 4.69) is 10.2 Å². The second kappa shape index (κ2) is 9.86. The summed E-state index contributed by atoms with van der Waals surface area (Å²) in [5.74, 6) is -1.07. The number of carbonyl (C=O) groups is 3. The maximum atomic E-state index is 14.6. The van der Waals surface area contributed by atoms with Crippen molar-refractivity contribution in [1.29, 1.82) is 0 Å². The number of nitrogens with zero attached hydrogens (tertiary/aromatic N) is 2. The number of piperidine rings is 1. The van der Waals surface area contributed by atoms with Gasteiger partial charge >= 0.3 is 5.97 Å². The lowest BCUT2D eigenvalue weighted by Gasteiger charge is -2.40. The van der Waals surface area contributed by atoms with Crippen molar-refractivity contribution in [1.82, 2.24) is 4.90 Å². The van der Waals surface area contributed by atoms with Gasteiger partial charge in [-0.15, -0.1) is 0 Å². The van der Waals surface area contributed by atoms with Crippen molar-refractivity contribution in [3.8, 4) is 0 Å². The highest BCUT2D eigenvalue weighted by Crippen LogP contribution is 2.62. The molecule has 0 bridgehead atoms. The van der Waals surface area contributed by atoms with E-state index in [0.717, 1.165) is 30.5 Å². The summed E-state index contributed by atoms with van der Waals surface area (Å²) in [4.78, 5) is 45.2. The van der Waals surface area contributed by atoms with Crippen molar-refractivity contribution < 1.29 is 19.1 Å². The number of methoxy groups -OCH3 is 1.